The van der Waals surface area contributed by atoms with Gasteiger partial charge in [-0.1, -0.05) is 6.04 Å². The van der Waals surface area contributed by atoms with Crippen molar-refractivity contribution in [1.82, 2.24) is 9.97 Å². The number of aromatic nitrogens is 2. The molecule has 0 atom stereocenters. The van der Waals surface area contributed by atoms with Crippen LogP contribution in [0.3, 0.4) is 0 Å². The minimum absolute atomic E-state index is 0.0199. The van der Waals surface area contributed by atoms with Crippen LogP contribution in [0.15, 0.2) is 24.2 Å². The number of hydrogen-bond donors (Lipinski definition) is 3. The first-order valence-corrected chi connectivity index (χ1v) is 7.40. The Balaban J connectivity index is 2.25. The van der Waals surface area contributed by atoms with E-state index >= 15 is 0 Å². The molecule has 3 rings (SSSR count). The summed E-state index contributed by atoms with van der Waals surface area (Å²) in [7, 11) is -9.81. The molecule has 0 saturated heterocycles. The first-order valence-electron chi connectivity index (χ1n) is 13.9. The van der Waals surface area contributed by atoms with Crippen molar-refractivity contribution < 1.29 is 32.0 Å². The fraction of sp³-hybridized carbons (Fsp3) is 0.263. The lowest BCUT2D eigenvalue weighted by Gasteiger charge is -2.16. The number of ether oxygens (including phenoxy) is 3. The van der Waals surface area contributed by atoms with Gasteiger partial charge in [0.2, 0.25) is 11.7 Å². The average Bonchev–Trinajstić information content (AvgIpc) is 2.76. The summed E-state index contributed by atoms with van der Waals surface area (Å²) >= 11 is 0. The third-order valence-electron chi connectivity index (χ3n) is 3.75. The summed E-state index contributed by atoms with van der Waals surface area (Å²) in [6.07, 6.45) is 0. The molecule has 27 heavy (non-hydrogen) atoms. The quantitative estimate of drug-likeness (QED) is 0.596. The van der Waals surface area contributed by atoms with E-state index in [4.69, 9.17) is 43.5 Å². The normalized spacial score (nSPS) is 19.1. The Morgan fingerprint density at radius 2 is 1.78 bits per heavy atom. The molecule has 0 aliphatic rings. The second kappa shape index (κ2) is 7.45. The molecule has 142 valence electrons. The van der Waals surface area contributed by atoms with Crippen LogP contribution in [0.25, 0.3) is 10.9 Å². The summed E-state index contributed by atoms with van der Waals surface area (Å²) in [5.41, 5.74) is 11.5. The molecule has 0 saturated carbocycles. The number of benzene rings is 2. The average molecular weight is 383 g/mol. The molecule has 0 fully saturated rings. The zero-order chi connectivity index (χ0) is 30.5. The molecule has 2 aromatic carbocycles. The van der Waals surface area contributed by atoms with Crippen molar-refractivity contribution in [2.24, 2.45) is 0 Å². The number of nitrogens with one attached hydrogen (secondary N) is 1. The summed E-state index contributed by atoms with van der Waals surface area (Å²) in [4.78, 5) is 7.85. The molecule has 1 aromatic heterocycles. The number of nitrogen functional groups attached to an aromatic ring is 2. The molecule has 3 aromatic rings. The zero-order valence-corrected chi connectivity index (χ0v) is 14.0. The fourth-order valence-electron chi connectivity index (χ4n) is 2.49. The molecule has 1 heterocycles. The number of anilines is 3. The molecule has 0 radical (unpaired) electrons. The maximum atomic E-state index is 8.49. The number of rotatable bonds is 6. The first kappa shape index (κ1) is 8.08. The van der Waals surface area contributed by atoms with Crippen LogP contribution >= 0.6 is 0 Å². The van der Waals surface area contributed by atoms with E-state index in [9.17, 15) is 0 Å². The minimum Gasteiger partial charge on any atom is -0.493 e. The predicted octanol–water partition coefficient (Wildman–Crippen LogP) is 2.74. The van der Waals surface area contributed by atoms with Crippen LogP contribution in [0.1, 0.15) is 28.9 Å². The van der Waals surface area contributed by atoms with Gasteiger partial charge in [-0.15, -0.1) is 0 Å². The van der Waals surface area contributed by atoms with Crippen LogP contribution < -0.4 is 31.0 Å². The Labute approximate surface area is 175 Å². The van der Waals surface area contributed by atoms with Gasteiger partial charge in [0.25, 0.3) is 0 Å². The van der Waals surface area contributed by atoms with E-state index in [1.807, 2.05) is 0 Å². The van der Waals surface area contributed by atoms with Crippen molar-refractivity contribution in [3.8, 4) is 17.2 Å². The molecule has 0 aliphatic carbocycles. The van der Waals surface area contributed by atoms with Crippen molar-refractivity contribution >= 4 is 28.4 Å². The minimum atomic E-state index is -3.29. The standard InChI is InChI=1S/C19H23N5O3/c1-10-11(5-6-13-16(10)18(20)24-19(21)23-13)9-22-12-7-14(25-2)17(27-4)15(8-12)26-3/h5-8,22H,9H2,1-4H3,(H4,20,21,23,24)/i2D3,3D3,4D3,5D,6D,7D,8D. The summed E-state index contributed by atoms with van der Waals surface area (Å²) in [6, 6.07) is -2.45. The highest BCUT2D eigenvalue weighted by Crippen LogP contribution is 2.40. The zero-order valence-electron chi connectivity index (χ0n) is 27.0. The van der Waals surface area contributed by atoms with Crippen LogP contribution in [0.2, 0.25) is 0 Å². The Morgan fingerprint density at radius 3 is 2.44 bits per heavy atom. The van der Waals surface area contributed by atoms with Crippen molar-refractivity contribution in [2.45, 2.75) is 13.5 Å². The summed E-state index contributed by atoms with van der Waals surface area (Å²) < 4.78 is 115. The Kier molecular flexibility index (Phi) is 2.23. The summed E-state index contributed by atoms with van der Waals surface area (Å²) in [6.45, 7) is 1.17. The predicted molar refractivity (Wildman–Crippen MR) is 107 cm³/mol. The van der Waals surface area contributed by atoms with Gasteiger partial charge in [-0.3, -0.25) is 0 Å². The van der Waals surface area contributed by atoms with E-state index in [0.717, 1.165) is 0 Å². The van der Waals surface area contributed by atoms with E-state index in [0.29, 0.717) is 5.56 Å². The van der Waals surface area contributed by atoms with Gasteiger partial charge in [0.1, 0.15) is 5.82 Å². The number of hydrogen-bond acceptors (Lipinski definition) is 8. The third-order valence-corrected chi connectivity index (χ3v) is 3.75. The molecule has 8 nitrogen and oxygen atoms in total. The number of nitrogens with zero attached hydrogens (tertiary/aromatic N) is 2. The van der Waals surface area contributed by atoms with Gasteiger partial charge in [-0.2, -0.15) is 4.98 Å². The number of fused-ring (bicyclic) bond motifs is 1. The lowest BCUT2D eigenvalue weighted by Crippen LogP contribution is -2.06. The Hall–Kier alpha value is -3.42. The SMILES string of the molecule is [2H]c1c(NCc2c([2H])c([2H])c3nc(N)nc(N)c3c2C)c([2H])c(OC([2H])([2H])[2H])c(OC([2H])([2H])[2H])c1OC([2H])([2H])[2H]. The largest absolute Gasteiger partial charge is 0.493 e. The van der Waals surface area contributed by atoms with E-state index in [1.54, 1.807) is 6.92 Å². The maximum Gasteiger partial charge on any atom is 0.222 e. The van der Waals surface area contributed by atoms with Crippen LogP contribution in [-0.4, -0.2) is 31.1 Å². The van der Waals surface area contributed by atoms with Gasteiger partial charge in [-0.05, 0) is 24.1 Å². The van der Waals surface area contributed by atoms with Crippen LogP contribution in [-0.2, 0) is 6.54 Å². The lowest BCUT2D eigenvalue weighted by atomic mass is 10.0. The third kappa shape index (κ3) is 3.46. The molecule has 0 spiro atoms. The summed E-state index contributed by atoms with van der Waals surface area (Å²) in [5, 5.41) is 2.86. The second-order valence-electron chi connectivity index (χ2n) is 5.32. The van der Waals surface area contributed by atoms with Crippen molar-refractivity contribution in [3.05, 3.63) is 35.3 Å². The van der Waals surface area contributed by atoms with Gasteiger partial charge in [0, 0.05) is 29.7 Å². The van der Waals surface area contributed by atoms with E-state index < -0.39 is 56.1 Å². The van der Waals surface area contributed by atoms with Crippen LogP contribution in [0.4, 0.5) is 17.5 Å². The summed E-state index contributed by atoms with van der Waals surface area (Å²) in [5.74, 6) is -3.45. The molecule has 0 amide bonds. The van der Waals surface area contributed by atoms with E-state index in [2.05, 4.69) is 15.3 Å². The second-order valence-corrected chi connectivity index (χ2v) is 5.32. The smallest absolute Gasteiger partial charge is 0.222 e. The molecule has 8 heteroatoms. The highest BCUT2D eigenvalue weighted by atomic mass is 16.5. The van der Waals surface area contributed by atoms with Crippen molar-refractivity contribution in [2.75, 3.05) is 37.9 Å². The van der Waals surface area contributed by atoms with Crippen molar-refractivity contribution in [3.63, 3.8) is 0 Å². The molecular weight excluding hydrogens is 346 g/mol. The lowest BCUT2D eigenvalue weighted by molar-refractivity contribution is 0.324. The number of methoxy groups -OCH3 is 3. The van der Waals surface area contributed by atoms with Gasteiger partial charge >= 0.3 is 0 Å². The highest BCUT2D eigenvalue weighted by Gasteiger charge is 2.14. The molecule has 0 unspecified atom stereocenters. The first-order chi connectivity index (χ1) is 18.1. The molecule has 0 aliphatic heterocycles. The number of nitrogens with two attached hydrogens (primary N) is 2. The molecular formula is C19H23N5O3. The van der Waals surface area contributed by atoms with E-state index in [-0.39, 0.29) is 46.9 Å². The maximum absolute atomic E-state index is 8.49. The number of aryl methyl sites for hydroxylation is 1. The van der Waals surface area contributed by atoms with Crippen LogP contribution in [0.5, 0.6) is 17.2 Å². The molecule has 0 bridgehead atoms. The Bertz CT molecular complexity index is 1430. The molecule has 5 N–H and O–H groups in total. The van der Waals surface area contributed by atoms with Gasteiger partial charge < -0.3 is 31.0 Å². The topological polar surface area (TPSA) is 118 Å². The van der Waals surface area contributed by atoms with E-state index in [1.165, 1.54) is 0 Å². The fourth-order valence-corrected chi connectivity index (χ4v) is 2.49. The Morgan fingerprint density at radius 1 is 1.07 bits per heavy atom. The van der Waals surface area contributed by atoms with Gasteiger partial charge in [0.15, 0.2) is 11.5 Å². The van der Waals surface area contributed by atoms with Crippen LogP contribution in [0, 0.1) is 6.92 Å². The van der Waals surface area contributed by atoms with Gasteiger partial charge in [0.05, 0.1) is 44.5 Å². The van der Waals surface area contributed by atoms with Gasteiger partial charge in [-0.25, -0.2) is 4.98 Å². The van der Waals surface area contributed by atoms with Crippen molar-refractivity contribution in [1.29, 1.82) is 0 Å². The monoisotopic (exact) mass is 382 g/mol. The highest BCUT2D eigenvalue weighted by molar-refractivity contribution is 5.92.